The molecule has 164 valence electrons. The number of hydrogen-bond acceptors (Lipinski definition) is 5. The summed E-state index contributed by atoms with van der Waals surface area (Å²) in [6.45, 7) is 1.71. The normalized spacial score (nSPS) is 15.2. The van der Waals surface area contributed by atoms with Crippen LogP contribution in [0.15, 0.2) is 59.5 Å². The number of carbonyl (C=O) groups is 1. The van der Waals surface area contributed by atoms with Crippen LogP contribution in [0.4, 0.5) is 0 Å². The topological polar surface area (TPSA) is 99.5 Å². The van der Waals surface area contributed by atoms with Crippen LogP contribution in [0.25, 0.3) is 0 Å². The molecule has 1 N–H and O–H groups in total. The van der Waals surface area contributed by atoms with E-state index in [4.69, 9.17) is 4.74 Å². The largest absolute Gasteiger partial charge is 0.494 e. The van der Waals surface area contributed by atoms with Gasteiger partial charge in [-0.2, -0.15) is 9.57 Å². The monoisotopic (exact) mass is 441 g/mol. The highest BCUT2D eigenvalue weighted by molar-refractivity contribution is 7.89. The summed E-state index contributed by atoms with van der Waals surface area (Å²) in [6.07, 6.45) is 2.59. The van der Waals surface area contributed by atoms with Crippen LogP contribution in [0.2, 0.25) is 0 Å². The fraction of sp³-hybridized carbons (Fsp3) is 0.391. The zero-order chi connectivity index (χ0) is 22.1. The molecule has 0 unspecified atom stereocenters. The van der Waals surface area contributed by atoms with Gasteiger partial charge in [-0.1, -0.05) is 30.3 Å². The van der Waals surface area contributed by atoms with Crippen molar-refractivity contribution in [1.82, 2.24) is 9.62 Å². The van der Waals surface area contributed by atoms with Gasteiger partial charge in [-0.3, -0.25) is 4.79 Å². The minimum atomic E-state index is -3.74. The summed E-state index contributed by atoms with van der Waals surface area (Å²) in [5.74, 6) is 0.613. The number of benzene rings is 2. The summed E-state index contributed by atoms with van der Waals surface area (Å²) in [5.41, 5.74) is 0.138. The third-order valence-corrected chi connectivity index (χ3v) is 7.29. The van der Waals surface area contributed by atoms with Crippen LogP contribution in [0.5, 0.6) is 5.75 Å². The Morgan fingerprint density at radius 3 is 2.45 bits per heavy atom. The molecule has 1 aliphatic heterocycles. The van der Waals surface area contributed by atoms with E-state index < -0.39 is 10.0 Å². The van der Waals surface area contributed by atoms with E-state index in [2.05, 4.69) is 5.32 Å². The van der Waals surface area contributed by atoms with Crippen molar-refractivity contribution >= 4 is 15.9 Å². The molecule has 0 saturated carbocycles. The highest BCUT2D eigenvalue weighted by Gasteiger charge is 2.33. The number of piperidine rings is 1. The lowest BCUT2D eigenvalue weighted by molar-refractivity contribution is -0.126. The molecule has 0 atom stereocenters. The minimum absolute atomic E-state index is 0.0260. The van der Waals surface area contributed by atoms with Gasteiger partial charge in [-0.05, 0) is 49.9 Å². The summed E-state index contributed by atoms with van der Waals surface area (Å²) in [7, 11) is -3.74. The van der Waals surface area contributed by atoms with Gasteiger partial charge in [0.2, 0.25) is 15.9 Å². The lowest BCUT2D eigenvalue weighted by Crippen LogP contribution is -2.43. The van der Waals surface area contributed by atoms with Crippen LogP contribution < -0.4 is 10.1 Å². The molecule has 1 amide bonds. The first kappa shape index (κ1) is 22.8. The second kappa shape index (κ2) is 10.9. The van der Waals surface area contributed by atoms with E-state index >= 15 is 0 Å². The van der Waals surface area contributed by atoms with Crippen molar-refractivity contribution < 1.29 is 17.9 Å². The second-order valence-corrected chi connectivity index (χ2v) is 9.35. The number of ether oxygens (including phenoxy) is 1. The standard InChI is InChI=1S/C23H27N3O4S/c24-18-20-8-4-5-11-22(20)31(28,29)26-15-12-19(13-16-26)23(27)25-14-6-7-17-30-21-9-2-1-3-10-21/h1-5,8-11,19H,6-7,12-17H2,(H,25,27). The predicted molar refractivity (Wildman–Crippen MR) is 117 cm³/mol. The first-order valence-corrected chi connectivity index (χ1v) is 11.9. The molecule has 7 nitrogen and oxygen atoms in total. The van der Waals surface area contributed by atoms with Crippen molar-refractivity contribution in [2.45, 2.75) is 30.6 Å². The van der Waals surface area contributed by atoms with Gasteiger partial charge in [0, 0.05) is 25.6 Å². The maximum Gasteiger partial charge on any atom is 0.244 e. The lowest BCUT2D eigenvalue weighted by Gasteiger charge is -2.30. The summed E-state index contributed by atoms with van der Waals surface area (Å²) < 4.78 is 32.8. The maximum atomic E-state index is 12.9. The molecule has 1 saturated heterocycles. The predicted octanol–water partition coefficient (Wildman–Crippen LogP) is 2.93. The van der Waals surface area contributed by atoms with E-state index in [-0.39, 0.29) is 35.4 Å². The SMILES string of the molecule is N#Cc1ccccc1S(=O)(=O)N1CCC(C(=O)NCCCCOc2ccccc2)CC1. The Balaban J connectivity index is 1.39. The van der Waals surface area contributed by atoms with Crippen LogP contribution in [0.1, 0.15) is 31.2 Å². The third-order valence-electron chi connectivity index (χ3n) is 5.33. The quantitative estimate of drug-likeness (QED) is 0.603. The Labute approximate surface area is 183 Å². The van der Waals surface area contributed by atoms with E-state index in [1.54, 1.807) is 12.1 Å². The van der Waals surface area contributed by atoms with E-state index in [1.165, 1.54) is 16.4 Å². The smallest absolute Gasteiger partial charge is 0.244 e. The van der Waals surface area contributed by atoms with Gasteiger partial charge in [-0.25, -0.2) is 8.42 Å². The zero-order valence-electron chi connectivity index (χ0n) is 17.4. The number of amides is 1. The number of nitriles is 1. The number of hydrogen-bond donors (Lipinski definition) is 1. The van der Waals surface area contributed by atoms with Crippen molar-refractivity contribution in [3.8, 4) is 11.8 Å². The number of nitrogens with zero attached hydrogens (tertiary/aromatic N) is 2. The van der Waals surface area contributed by atoms with Gasteiger partial charge >= 0.3 is 0 Å². The Hall–Kier alpha value is -2.89. The van der Waals surface area contributed by atoms with Crippen LogP contribution in [-0.4, -0.2) is 44.9 Å². The number of para-hydroxylation sites is 1. The van der Waals surface area contributed by atoms with Crippen molar-refractivity contribution in [1.29, 1.82) is 5.26 Å². The first-order valence-electron chi connectivity index (χ1n) is 10.5. The molecule has 0 aliphatic carbocycles. The van der Waals surface area contributed by atoms with Gasteiger partial charge in [-0.15, -0.1) is 0 Å². The fourth-order valence-electron chi connectivity index (χ4n) is 3.57. The molecule has 2 aromatic carbocycles. The summed E-state index contributed by atoms with van der Waals surface area (Å²) >= 11 is 0. The molecule has 8 heteroatoms. The molecule has 3 rings (SSSR count). The van der Waals surface area contributed by atoms with Gasteiger partial charge < -0.3 is 10.1 Å². The van der Waals surface area contributed by atoms with E-state index in [0.29, 0.717) is 26.0 Å². The molecular formula is C23H27N3O4S. The molecule has 1 fully saturated rings. The summed E-state index contributed by atoms with van der Waals surface area (Å²) in [4.78, 5) is 12.5. The maximum absolute atomic E-state index is 12.9. The number of rotatable bonds is 9. The summed E-state index contributed by atoms with van der Waals surface area (Å²) in [5, 5.41) is 12.1. The van der Waals surface area contributed by atoms with Crippen molar-refractivity contribution in [2.24, 2.45) is 5.92 Å². The van der Waals surface area contributed by atoms with Crippen molar-refractivity contribution in [2.75, 3.05) is 26.2 Å². The molecule has 31 heavy (non-hydrogen) atoms. The average Bonchev–Trinajstić information content (AvgIpc) is 2.81. The van der Waals surface area contributed by atoms with Crippen LogP contribution in [-0.2, 0) is 14.8 Å². The number of carbonyl (C=O) groups excluding carboxylic acids is 1. The van der Waals surface area contributed by atoms with Gasteiger partial charge in [0.25, 0.3) is 0 Å². The molecule has 2 aromatic rings. The third kappa shape index (κ3) is 6.06. The number of sulfonamides is 1. The highest BCUT2D eigenvalue weighted by atomic mass is 32.2. The van der Waals surface area contributed by atoms with Crippen LogP contribution in [0, 0.1) is 17.2 Å². The molecule has 0 spiro atoms. The fourth-order valence-corrected chi connectivity index (χ4v) is 5.18. The molecular weight excluding hydrogens is 414 g/mol. The van der Waals surface area contributed by atoms with Crippen LogP contribution >= 0.6 is 0 Å². The molecule has 0 radical (unpaired) electrons. The molecule has 0 bridgehead atoms. The van der Waals surface area contributed by atoms with E-state index in [1.807, 2.05) is 36.4 Å². The Kier molecular flexibility index (Phi) is 8.04. The molecule has 0 aromatic heterocycles. The second-order valence-electron chi connectivity index (χ2n) is 7.45. The average molecular weight is 442 g/mol. The molecule has 1 aliphatic rings. The minimum Gasteiger partial charge on any atom is -0.494 e. The Morgan fingerprint density at radius 2 is 1.74 bits per heavy atom. The van der Waals surface area contributed by atoms with Crippen molar-refractivity contribution in [3.05, 3.63) is 60.2 Å². The van der Waals surface area contributed by atoms with Gasteiger partial charge in [0.15, 0.2) is 0 Å². The Morgan fingerprint density at radius 1 is 1.06 bits per heavy atom. The molecule has 1 heterocycles. The van der Waals surface area contributed by atoms with Gasteiger partial charge in [0.05, 0.1) is 17.1 Å². The number of nitrogens with one attached hydrogen (secondary N) is 1. The highest BCUT2D eigenvalue weighted by Crippen LogP contribution is 2.25. The van der Waals surface area contributed by atoms with E-state index in [0.717, 1.165) is 18.6 Å². The van der Waals surface area contributed by atoms with E-state index in [9.17, 15) is 18.5 Å². The zero-order valence-corrected chi connectivity index (χ0v) is 18.2. The number of unbranched alkanes of at least 4 members (excludes halogenated alkanes) is 1. The first-order chi connectivity index (χ1) is 15.0. The van der Waals surface area contributed by atoms with Gasteiger partial charge in [0.1, 0.15) is 11.8 Å². The van der Waals surface area contributed by atoms with Crippen molar-refractivity contribution in [3.63, 3.8) is 0 Å². The summed E-state index contributed by atoms with van der Waals surface area (Å²) in [6, 6.07) is 17.7. The Bertz CT molecular complexity index is 1010. The lowest BCUT2D eigenvalue weighted by atomic mass is 9.97. The van der Waals surface area contributed by atoms with Crippen LogP contribution in [0.3, 0.4) is 0 Å².